The first-order valence-electron chi connectivity index (χ1n) is 9.04. The van der Waals surface area contributed by atoms with Crippen molar-refractivity contribution in [2.45, 2.75) is 43.7 Å². The Labute approximate surface area is 188 Å². The Bertz CT molecular complexity index is 949. The molecule has 1 amide bonds. The first kappa shape index (κ1) is 25.2. The summed E-state index contributed by atoms with van der Waals surface area (Å²) >= 11 is 3.17. The zero-order chi connectivity index (χ0) is 23.4. The maximum absolute atomic E-state index is 14.5. The van der Waals surface area contributed by atoms with Crippen LogP contribution in [0.3, 0.4) is 0 Å². The zero-order valence-electron chi connectivity index (χ0n) is 16.6. The predicted molar refractivity (Wildman–Crippen MR) is 113 cm³/mol. The molecule has 0 radical (unpaired) electrons. The van der Waals surface area contributed by atoms with Crippen molar-refractivity contribution >= 4 is 32.6 Å². The fourth-order valence-electron chi connectivity index (χ4n) is 3.05. The Morgan fingerprint density at radius 1 is 1.26 bits per heavy atom. The van der Waals surface area contributed by atoms with Crippen LogP contribution >= 0.6 is 15.9 Å². The number of hydrogen-bond acceptors (Lipinski definition) is 4. The Balaban J connectivity index is 2.71. The lowest BCUT2D eigenvalue weighted by molar-refractivity contribution is -0.188. The molecule has 31 heavy (non-hydrogen) atoms. The molecule has 168 valence electrons. The van der Waals surface area contributed by atoms with Gasteiger partial charge >= 0.3 is 6.18 Å². The van der Waals surface area contributed by atoms with E-state index in [2.05, 4.69) is 26.6 Å². The summed E-state index contributed by atoms with van der Waals surface area (Å²) in [6.07, 6.45) is -3.71. The van der Waals surface area contributed by atoms with Crippen molar-refractivity contribution in [1.82, 2.24) is 10.6 Å². The largest absolute Gasteiger partial charge is 0.414 e. The van der Waals surface area contributed by atoms with Crippen molar-refractivity contribution in [1.29, 1.82) is 5.26 Å². The fourth-order valence-corrected chi connectivity index (χ4v) is 4.07. The van der Waals surface area contributed by atoms with Crippen LogP contribution < -0.4 is 10.6 Å². The molecule has 3 atom stereocenters. The second-order valence-corrected chi connectivity index (χ2v) is 9.76. The summed E-state index contributed by atoms with van der Waals surface area (Å²) in [6.45, 7) is 2.27. The van der Waals surface area contributed by atoms with Crippen LogP contribution in [0.15, 0.2) is 52.0 Å². The summed E-state index contributed by atoms with van der Waals surface area (Å²) in [5.41, 5.74) is -5.51. The van der Waals surface area contributed by atoms with Gasteiger partial charge in [0.15, 0.2) is 5.54 Å². The van der Waals surface area contributed by atoms with E-state index >= 15 is 0 Å². The van der Waals surface area contributed by atoms with Crippen LogP contribution in [0.25, 0.3) is 0 Å². The normalized spacial score (nSPS) is 25.7. The Kier molecular flexibility index (Phi) is 7.84. The molecule has 0 fully saturated rings. The Hall–Kier alpha value is -2.03. The molecule has 0 saturated carbocycles. The van der Waals surface area contributed by atoms with Crippen LogP contribution in [-0.4, -0.2) is 33.8 Å². The van der Waals surface area contributed by atoms with Gasteiger partial charge in [0.2, 0.25) is 5.91 Å². The molecular formula is C20H20BrF4N3O2S. The molecule has 5 nitrogen and oxygen atoms in total. The number of nitrogens with one attached hydrogen (secondary N) is 2. The van der Waals surface area contributed by atoms with Crippen LogP contribution in [-0.2, 0) is 21.1 Å². The molecule has 0 saturated heterocycles. The van der Waals surface area contributed by atoms with Crippen molar-refractivity contribution in [2.75, 3.05) is 5.75 Å². The first-order chi connectivity index (χ1) is 14.3. The molecule has 1 heterocycles. The second-order valence-electron chi connectivity index (χ2n) is 7.51. The van der Waals surface area contributed by atoms with E-state index in [1.807, 2.05) is 0 Å². The number of benzene rings is 1. The number of carbonyl (C=O) groups excluding carboxylic acids is 1. The number of rotatable bonds is 3. The molecule has 1 aliphatic rings. The lowest BCUT2D eigenvalue weighted by Crippen LogP contribution is -2.60. The minimum absolute atomic E-state index is 0.243. The highest BCUT2D eigenvalue weighted by Crippen LogP contribution is 2.42. The highest BCUT2D eigenvalue weighted by Gasteiger charge is 2.56. The highest BCUT2D eigenvalue weighted by molar-refractivity contribution is 9.10. The SMILES string of the molecule is CC(C)(F)C[C@@H]1N[C@@](c2ccc(Br)cc2)(C(F)(F)F)C=CCS(=O)C=C(C#N)NC1=O. The van der Waals surface area contributed by atoms with Crippen molar-refractivity contribution < 1.29 is 26.6 Å². The number of amides is 1. The van der Waals surface area contributed by atoms with Gasteiger partial charge in [0.05, 0.1) is 16.8 Å². The van der Waals surface area contributed by atoms with Crippen LogP contribution in [0, 0.1) is 11.3 Å². The van der Waals surface area contributed by atoms with E-state index in [0.717, 1.165) is 31.4 Å². The minimum Gasteiger partial charge on any atom is -0.315 e. The van der Waals surface area contributed by atoms with E-state index in [-0.39, 0.29) is 17.0 Å². The standard InChI is InChI=1S/C20H20BrF4N3O2S/c1-18(2,22)10-16-17(29)27-15(11-26)12-31(30)9-3-8-19(28-16,20(23,24)25)13-4-6-14(21)7-5-13/h3-8,12,16,28H,9-10H2,1-2H3,(H,27,29)/t16-,19-,31?/m0/s1. The predicted octanol–water partition coefficient (Wildman–Crippen LogP) is 4.10. The Morgan fingerprint density at radius 2 is 1.87 bits per heavy atom. The number of alkyl halides is 4. The summed E-state index contributed by atoms with van der Waals surface area (Å²) in [5, 5.41) is 14.6. The molecule has 1 unspecified atom stereocenters. The summed E-state index contributed by atoms with van der Waals surface area (Å²) in [7, 11) is -1.85. The summed E-state index contributed by atoms with van der Waals surface area (Å²) in [6, 6.07) is 5.23. The minimum atomic E-state index is -4.95. The monoisotopic (exact) mass is 521 g/mol. The summed E-state index contributed by atoms with van der Waals surface area (Å²) in [4.78, 5) is 12.8. The zero-order valence-corrected chi connectivity index (χ0v) is 19.0. The van der Waals surface area contributed by atoms with Gasteiger partial charge in [-0.25, -0.2) is 4.39 Å². The summed E-state index contributed by atoms with van der Waals surface area (Å²) in [5.74, 6) is -1.37. The van der Waals surface area contributed by atoms with E-state index in [4.69, 9.17) is 5.26 Å². The molecule has 0 aromatic heterocycles. The average Bonchev–Trinajstić information content (AvgIpc) is 2.66. The van der Waals surface area contributed by atoms with Gasteiger partial charge in [-0.05, 0) is 31.5 Å². The molecule has 0 aliphatic carbocycles. The lowest BCUT2D eigenvalue weighted by Gasteiger charge is -2.38. The smallest absolute Gasteiger partial charge is 0.315 e. The molecule has 1 aliphatic heterocycles. The molecule has 2 rings (SSSR count). The van der Waals surface area contributed by atoms with Crippen LogP contribution in [0.4, 0.5) is 17.6 Å². The topological polar surface area (TPSA) is 82.0 Å². The van der Waals surface area contributed by atoms with E-state index in [0.29, 0.717) is 4.47 Å². The molecule has 1 aromatic carbocycles. The molecule has 0 bridgehead atoms. The maximum Gasteiger partial charge on any atom is 0.414 e. The van der Waals surface area contributed by atoms with Crippen molar-refractivity contribution in [2.24, 2.45) is 0 Å². The van der Waals surface area contributed by atoms with Gasteiger partial charge in [-0.1, -0.05) is 40.2 Å². The maximum atomic E-state index is 14.5. The van der Waals surface area contributed by atoms with E-state index < -0.39 is 46.6 Å². The quantitative estimate of drug-likeness (QED) is 0.463. The van der Waals surface area contributed by atoms with Crippen LogP contribution in [0.5, 0.6) is 0 Å². The third-order valence-electron chi connectivity index (χ3n) is 4.41. The molecule has 2 N–H and O–H groups in total. The van der Waals surface area contributed by atoms with Gasteiger partial charge in [0.25, 0.3) is 0 Å². The van der Waals surface area contributed by atoms with Crippen molar-refractivity contribution in [3.63, 3.8) is 0 Å². The van der Waals surface area contributed by atoms with Gasteiger partial charge in [-0.15, -0.1) is 0 Å². The third-order valence-corrected chi connectivity index (χ3v) is 5.96. The molecular weight excluding hydrogens is 502 g/mol. The highest BCUT2D eigenvalue weighted by atomic mass is 79.9. The third kappa shape index (κ3) is 6.48. The number of halogens is 5. The molecule has 0 spiro atoms. The lowest BCUT2D eigenvalue weighted by atomic mass is 9.86. The van der Waals surface area contributed by atoms with Gasteiger partial charge in [0.1, 0.15) is 17.4 Å². The van der Waals surface area contributed by atoms with E-state index in [1.165, 1.54) is 24.3 Å². The number of carbonyl (C=O) groups is 1. The number of allylic oxidation sites excluding steroid dienone is 1. The second kappa shape index (κ2) is 9.63. The van der Waals surface area contributed by atoms with Gasteiger partial charge in [-0.3, -0.25) is 14.3 Å². The number of hydrogen-bond donors (Lipinski definition) is 2. The summed E-state index contributed by atoms with van der Waals surface area (Å²) < 4.78 is 70.7. The first-order valence-corrected chi connectivity index (χ1v) is 11.2. The van der Waals surface area contributed by atoms with Crippen molar-refractivity contribution in [3.8, 4) is 6.07 Å². The van der Waals surface area contributed by atoms with Crippen LogP contribution in [0.2, 0.25) is 0 Å². The molecule has 11 heteroatoms. The molecule has 1 aromatic rings. The van der Waals surface area contributed by atoms with Crippen molar-refractivity contribution in [3.05, 3.63) is 57.6 Å². The van der Waals surface area contributed by atoms with Crippen LogP contribution in [0.1, 0.15) is 25.8 Å². The van der Waals surface area contributed by atoms with Gasteiger partial charge < -0.3 is 5.32 Å². The van der Waals surface area contributed by atoms with Gasteiger partial charge in [-0.2, -0.15) is 18.4 Å². The number of nitrogens with zero attached hydrogens (tertiary/aromatic N) is 1. The van der Waals surface area contributed by atoms with Gasteiger partial charge in [0, 0.05) is 22.1 Å². The van der Waals surface area contributed by atoms with E-state index in [1.54, 1.807) is 6.07 Å². The fraction of sp³-hybridized carbons (Fsp3) is 0.400. The number of nitriles is 1. The average molecular weight is 522 g/mol. The van der Waals surface area contributed by atoms with E-state index in [9.17, 15) is 26.6 Å². The Morgan fingerprint density at radius 3 is 2.39 bits per heavy atom.